The van der Waals surface area contributed by atoms with E-state index in [1.54, 1.807) is 0 Å². The molecule has 4 nitrogen and oxygen atoms in total. The molecule has 0 heterocycles. The molecule has 0 aliphatic carbocycles. The molecule has 0 aromatic carbocycles. The molecule has 0 saturated carbocycles. The van der Waals surface area contributed by atoms with Crippen molar-refractivity contribution in [3.05, 3.63) is 0 Å². The highest BCUT2D eigenvalue weighted by Gasteiger charge is 2.11. The van der Waals surface area contributed by atoms with Crippen LogP contribution in [0.2, 0.25) is 0 Å². The first-order valence-corrected chi connectivity index (χ1v) is 3.35. The number of halogens is 1. The second-order valence-electron chi connectivity index (χ2n) is 1.58. The molecule has 0 unspecified atom stereocenters. The quantitative estimate of drug-likeness (QED) is 0.499. The van der Waals surface area contributed by atoms with Gasteiger partial charge < -0.3 is 11.5 Å². The lowest BCUT2D eigenvalue weighted by Crippen LogP contribution is -2.31. The zero-order valence-corrected chi connectivity index (χ0v) is 6.79. The number of carbonyl (C=O) groups excluding carboxylic acids is 2. The lowest BCUT2D eigenvalue weighted by atomic mass is 10.2. The monoisotopic (exact) mass is 242 g/mol. The van der Waals surface area contributed by atoms with Crippen LogP contribution in [0.1, 0.15) is 6.42 Å². The summed E-state index contributed by atoms with van der Waals surface area (Å²) in [6.07, 6.45) is -0.0677. The smallest absolute Gasteiger partial charge is 0.219 e. The number of nitrogens with two attached hydrogens (primary N) is 2. The Balaban J connectivity index is 3.63. The summed E-state index contributed by atoms with van der Waals surface area (Å²) in [5, 5.41) is 0. The van der Waals surface area contributed by atoms with E-state index in [4.69, 9.17) is 11.5 Å². The Morgan fingerprint density at radius 3 is 2.11 bits per heavy atom. The first-order valence-electron chi connectivity index (χ1n) is 2.27. The van der Waals surface area contributed by atoms with E-state index < -0.39 is 11.9 Å². The van der Waals surface area contributed by atoms with Gasteiger partial charge in [-0.15, -0.1) is 0 Å². The van der Waals surface area contributed by atoms with Crippen molar-refractivity contribution in [1.29, 1.82) is 0 Å². The van der Waals surface area contributed by atoms with Gasteiger partial charge in [0, 0.05) is 29.0 Å². The van der Waals surface area contributed by atoms with Crippen LogP contribution in [0.5, 0.6) is 0 Å². The van der Waals surface area contributed by atoms with Gasteiger partial charge in [0.25, 0.3) is 0 Å². The first-order chi connectivity index (χ1) is 4.04. The zero-order valence-electron chi connectivity index (χ0n) is 4.63. The molecule has 0 bridgehead atoms. The van der Waals surface area contributed by atoms with E-state index in [0.717, 1.165) is 0 Å². The minimum atomic E-state index is -0.733. The predicted molar refractivity (Wildman–Crippen MR) is 40.8 cm³/mol. The Morgan fingerprint density at radius 1 is 1.56 bits per heavy atom. The average Bonchev–Trinajstić information content (AvgIpc) is 1.63. The SMILES string of the molecule is NC(=O)C[C@@H](N)C(=O)I. The van der Waals surface area contributed by atoms with E-state index in [-0.39, 0.29) is 10.2 Å². The van der Waals surface area contributed by atoms with Crippen LogP contribution < -0.4 is 11.5 Å². The number of rotatable bonds is 3. The van der Waals surface area contributed by atoms with Crippen molar-refractivity contribution < 1.29 is 9.59 Å². The van der Waals surface area contributed by atoms with Crippen molar-refractivity contribution >= 4 is 32.3 Å². The van der Waals surface area contributed by atoms with Crippen LogP contribution >= 0.6 is 22.6 Å². The molecule has 0 fully saturated rings. The first kappa shape index (κ1) is 8.83. The fourth-order valence-electron chi connectivity index (χ4n) is 0.297. The molecule has 0 aliphatic rings. The van der Waals surface area contributed by atoms with Crippen LogP contribution in [0.4, 0.5) is 0 Å². The highest BCUT2D eigenvalue weighted by atomic mass is 127. The van der Waals surface area contributed by atoms with Gasteiger partial charge in [-0.3, -0.25) is 9.59 Å². The van der Waals surface area contributed by atoms with Gasteiger partial charge in [0.2, 0.25) is 9.70 Å². The van der Waals surface area contributed by atoms with E-state index in [2.05, 4.69) is 0 Å². The van der Waals surface area contributed by atoms with Crippen molar-refractivity contribution in [2.75, 3.05) is 0 Å². The van der Waals surface area contributed by atoms with E-state index in [9.17, 15) is 9.59 Å². The van der Waals surface area contributed by atoms with Crippen molar-refractivity contribution in [3.63, 3.8) is 0 Å². The number of primary amides is 1. The number of hydrogen-bond acceptors (Lipinski definition) is 3. The van der Waals surface area contributed by atoms with Gasteiger partial charge >= 0.3 is 0 Å². The van der Waals surface area contributed by atoms with E-state index in [0.29, 0.717) is 0 Å². The van der Waals surface area contributed by atoms with Crippen LogP contribution in [0.3, 0.4) is 0 Å². The van der Waals surface area contributed by atoms with E-state index in [1.807, 2.05) is 0 Å². The highest BCUT2D eigenvalue weighted by molar-refractivity contribution is 14.1. The second-order valence-corrected chi connectivity index (χ2v) is 2.64. The molecule has 0 saturated heterocycles. The third-order valence-corrected chi connectivity index (χ3v) is 1.51. The lowest BCUT2D eigenvalue weighted by Gasteiger charge is -2.00. The molecule has 0 aliphatic heterocycles. The maximum Gasteiger partial charge on any atom is 0.219 e. The highest BCUT2D eigenvalue weighted by Crippen LogP contribution is 1.95. The molecule has 1 atom stereocenters. The van der Waals surface area contributed by atoms with Gasteiger partial charge in [-0.2, -0.15) is 0 Å². The minimum absolute atomic E-state index is 0.0677. The van der Waals surface area contributed by atoms with Crippen LogP contribution in [0, 0.1) is 0 Å². The molecule has 5 heteroatoms. The molecule has 0 radical (unpaired) electrons. The topological polar surface area (TPSA) is 86.2 Å². The van der Waals surface area contributed by atoms with Gasteiger partial charge in [0.1, 0.15) is 0 Å². The summed E-state index contributed by atoms with van der Waals surface area (Å²) in [7, 11) is 0. The molecule has 52 valence electrons. The third kappa shape index (κ3) is 4.34. The normalized spacial score (nSPS) is 12.7. The summed E-state index contributed by atoms with van der Waals surface area (Å²) in [6.45, 7) is 0. The third-order valence-electron chi connectivity index (χ3n) is 0.713. The average molecular weight is 242 g/mol. The van der Waals surface area contributed by atoms with E-state index >= 15 is 0 Å². The lowest BCUT2D eigenvalue weighted by molar-refractivity contribution is -0.120. The molecule has 1 amide bonds. The van der Waals surface area contributed by atoms with Crippen LogP contribution in [0.25, 0.3) is 0 Å². The number of amides is 1. The summed E-state index contributed by atoms with van der Waals surface area (Å²) in [4.78, 5) is 20.4. The van der Waals surface area contributed by atoms with Crippen LogP contribution in [-0.2, 0) is 9.59 Å². The molecule has 9 heavy (non-hydrogen) atoms. The zero-order chi connectivity index (χ0) is 7.44. The molecule has 0 spiro atoms. The fraction of sp³-hybridized carbons (Fsp3) is 0.500. The van der Waals surface area contributed by atoms with Gasteiger partial charge in [-0.1, -0.05) is 0 Å². The van der Waals surface area contributed by atoms with Crippen molar-refractivity contribution in [1.82, 2.24) is 0 Å². The largest absolute Gasteiger partial charge is 0.370 e. The van der Waals surface area contributed by atoms with E-state index in [1.165, 1.54) is 22.6 Å². The van der Waals surface area contributed by atoms with Gasteiger partial charge in [-0.05, 0) is 0 Å². The molecule has 0 rings (SSSR count). The Labute approximate surface area is 66.1 Å². The van der Waals surface area contributed by atoms with Gasteiger partial charge in [0.15, 0.2) is 0 Å². The maximum atomic E-state index is 10.3. The van der Waals surface area contributed by atoms with Gasteiger partial charge in [0.05, 0.1) is 6.04 Å². The Kier molecular flexibility index (Phi) is 3.71. The van der Waals surface area contributed by atoms with Crippen molar-refractivity contribution in [3.8, 4) is 0 Å². The summed E-state index contributed by atoms with van der Waals surface area (Å²) < 4.78 is -0.244. The fourth-order valence-corrected chi connectivity index (χ4v) is 0.517. The summed E-state index contributed by atoms with van der Waals surface area (Å²) >= 11 is 1.53. The molecular formula is C4H7IN2O2. The number of hydrogen-bond donors (Lipinski definition) is 2. The minimum Gasteiger partial charge on any atom is -0.370 e. The predicted octanol–water partition coefficient (Wildman–Crippen LogP) is -0.849. The van der Waals surface area contributed by atoms with Crippen LogP contribution in [0.15, 0.2) is 0 Å². The van der Waals surface area contributed by atoms with Crippen molar-refractivity contribution in [2.45, 2.75) is 12.5 Å². The molecule has 0 aromatic heterocycles. The maximum absolute atomic E-state index is 10.3. The Bertz CT molecular complexity index is 137. The Hall–Kier alpha value is -0.170. The molecular weight excluding hydrogens is 235 g/mol. The standard InChI is InChI=1S/C4H7IN2O2/c5-4(9)2(6)1-3(7)8/h2H,1,6H2,(H2,7,8)/t2-/m1/s1. The summed E-state index contributed by atoms with van der Waals surface area (Å²) in [5.41, 5.74) is 9.92. The van der Waals surface area contributed by atoms with Gasteiger partial charge in [-0.25, -0.2) is 0 Å². The molecule has 4 N–H and O–H groups in total. The molecule has 0 aromatic rings. The summed E-state index contributed by atoms with van der Waals surface area (Å²) in [5.74, 6) is -0.549. The summed E-state index contributed by atoms with van der Waals surface area (Å²) in [6, 6.07) is -0.733. The number of carbonyl (C=O) groups is 2. The Morgan fingerprint density at radius 2 is 2.00 bits per heavy atom. The second kappa shape index (κ2) is 3.78. The van der Waals surface area contributed by atoms with Crippen molar-refractivity contribution in [2.24, 2.45) is 11.5 Å². The van der Waals surface area contributed by atoms with Crippen LogP contribution in [-0.4, -0.2) is 15.7 Å².